The Hall–Kier alpha value is -3.27. The van der Waals surface area contributed by atoms with E-state index < -0.39 is 11.4 Å². The van der Waals surface area contributed by atoms with Crippen LogP contribution in [-0.4, -0.2) is 57.3 Å². The number of anilines is 1. The van der Waals surface area contributed by atoms with Crippen molar-refractivity contribution < 1.29 is 13.9 Å². The lowest BCUT2D eigenvalue weighted by atomic mass is 10.0. The van der Waals surface area contributed by atoms with E-state index in [1.165, 1.54) is 6.07 Å². The second kappa shape index (κ2) is 6.36. The van der Waals surface area contributed by atoms with Crippen LogP contribution in [0.1, 0.15) is 34.8 Å². The highest BCUT2D eigenvalue weighted by Crippen LogP contribution is 2.38. The van der Waals surface area contributed by atoms with Gasteiger partial charge in [0.25, 0.3) is 5.91 Å². The third kappa shape index (κ3) is 2.78. The largest absolute Gasteiger partial charge is 0.475 e. The van der Waals surface area contributed by atoms with Crippen LogP contribution in [0.15, 0.2) is 30.7 Å². The summed E-state index contributed by atoms with van der Waals surface area (Å²) in [5.74, 6) is 0.445. The van der Waals surface area contributed by atoms with Crippen molar-refractivity contribution in [1.29, 1.82) is 0 Å². The van der Waals surface area contributed by atoms with E-state index in [1.54, 1.807) is 16.9 Å². The molecule has 1 aliphatic carbocycles. The van der Waals surface area contributed by atoms with Crippen LogP contribution in [0.2, 0.25) is 0 Å². The predicted octanol–water partition coefficient (Wildman–Crippen LogP) is 1.07. The van der Waals surface area contributed by atoms with Gasteiger partial charge in [-0.05, 0) is 25.0 Å². The number of hydrogen-bond acceptors (Lipinski definition) is 7. The standard InChI is InChI=1S/C20H20FN7O2/c21-12-7-13-15-10-22-4-6-27(15)16-1-5-28-17(25-16)14(9-24-28)18(29)26-20(2-3-20)11-30-19(13)23-8-12/h1,5,7-9,15,22H,2-4,6,10-11H2,(H,26,29)/t15-/m1/s1. The van der Waals surface area contributed by atoms with E-state index in [2.05, 4.69) is 25.6 Å². The molecule has 1 spiro atoms. The Labute approximate surface area is 171 Å². The normalized spacial score (nSPS) is 22.4. The highest BCUT2D eigenvalue weighted by molar-refractivity contribution is 6.00. The summed E-state index contributed by atoms with van der Waals surface area (Å²) in [6, 6.07) is 3.13. The van der Waals surface area contributed by atoms with Gasteiger partial charge in [0.2, 0.25) is 5.88 Å². The van der Waals surface area contributed by atoms with Gasteiger partial charge in [0.1, 0.15) is 23.8 Å². The number of hydrogen-bond donors (Lipinski definition) is 2. The average Bonchev–Trinajstić information content (AvgIpc) is 3.38. The molecule has 3 aliphatic rings. The Morgan fingerprint density at radius 1 is 1.30 bits per heavy atom. The molecule has 0 unspecified atom stereocenters. The lowest BCUT2D eigenvalue weighted by molar-refractivity contribution is 0.0913. The summed E-state index contributed by atoms with van der Waals surface area (Å²) < 4.78 is 21.8. The van der Waals surface area contributed by atoms with Crippen LogP contribution in [0.25, 0.3) is 5.65 Å². The quantitative estimate of drug-likeness (QED) is 0.573. The third-order valence-electron chi connectivity index (χ3n) is 6.06. The van der Waals surface area contributed by atoms with E-state index in [-0.39, 0.29) is 18.6 Å². The van der Waals surface area contributed by atoms with Crippen LogP contribution in [0.3, 0.4) is 0 Å². The van der Waals surface area contributed by atoms with E-state index in [0.29, 0.717) is 41.6 Å². The number of piperazine rings is 1. The summed E-state index contributed by atoms with van der Waals surface area (Å²) in [4.78, 5) is 24.1. The Bertz CT molecular complexity index is 1160. The van der Waals surface area contributed by atoms with Crippen LogP contribution >= 0.6 is 0 Å². The van der Waals surface area contributed by atoms with Crippen molar-refractivity contribution in [3.8, 4) is 5.88 Å². The van der Waals surface area contributed by atoms with Crippen molar-refractivity contribution in [3.63, 3.8) is 0 Å². The number of fused-ring (bicyclic) bond motifs is 5. The van der Waals surface area contributed by atoms with Gasteiger partial charge in [-0.25, -0.2) is 18.9 Å². The van der Waals surface area contributed by atoms with E-state index in [4.69, 9.17) is 9.72 Å². The van der Waals surface area contributed by atoms with Gasteiger partial charge in [-0.1, -0.05) is 0 Å². The molecule has 30 heavy (non-hydrogen) atoms. The van der Waals surface area contributed by atoms with E-state index >= 15 is 0 Å². The first-order chi connectivity index (χ1) is 14.6. The molecule has 5 heterocycles. The Morgan fingerprint density at radius 3 is 3.07 bits per heavy atom. The molecule has 1 amide bonds. The molecule has 3 aromatic heterocycles. The number of nitrogens with one attached hydrogen (secondary N) is 2. The first-order valence-electron chi connectivity index (χ1n) is 10.0. The smallest absolute Gasteiger partial charge is 0.257 e. The van der Waals surface area contributed by atoms with Crippen LogP contribution < -0.4 is 20.3 Å². The van der Waals surface area contributed by atoms with Gasteiger partial charge < -0.3 is 20.3 Å². The highest BCUT2D eigenvalue weighted by atomic mass is 19.1. The second-order valence-corrected chi connectivity index (χ2v) is 8.10. The topological polar surface area (TPSA) is 96.7 Å². The first-order valence-corrected chi connectivity index (χ1v) is 10.0. The maximum atomic E-state index is 14.2. The van der Waals surface area contributed by atoms with Gasteiger partial charge in [0.05, 0.1) is 24.0 Å². The maximum Gasteiger partial charge on any atom is 0.257 e. The van der Waals surface area contributed by atoms with Gasteiger partial charge in [-0.15, -0.1) is 0 Å². The van der Waals surface area contributed by atoms with Crippen molar-refractivity contribution >= 4 is 17.4 Å². The summed E-state index contributed by atoms with van der Waals surface area (Å²) in [5, 5.41) is 10.7. The van der Waals surface area contributed by atoms with E-state index in [0.717, 1.165) is 25.6 Å². The molecule has 0 radical (unpaired) electrons. The third-order valence-corrected chi connectivity index (χ3v) is 6.06. The zero-order chi connectivity index (χ0) is 20.3. The molecule has 2 aliphatic heterocycles. The molecule has 1 atom stereocenters. The van der Waals surface area contributed by atoms with E-state index in [9.17, 15) is 9.18 Å². The molecule has 154 valence electrons. The molecule has 1 saturated heterocycles. The van der Waals surface area contributed by atoms with Gasteiger partial charge in [0.15, 0.2) is 5.65 Å². The van der Waals surface area contributed by atoms with Gasteiger partial charge in [-0.3, -0.25) is 4.79 Å². The summed E-state index contributed by atoms with van der Waals surface area (Å²) in [6.45, 7) is 2.31. The van der Waals surface area contributed by atoms with Gasteiger partial charge in [0, 0.05) is 31.4 Å². The number of nitrogens with zero attached hydrogens (tertiary/aromatic N) is 5. The minimum Gasteiger partial charge on any atom is -0.475 e. The van der Waals surface area contributed by atoms with Crippen molar-refractivity contribution in [1.82, 2.24) is 30.2 Å². The molecule has 2 bridgehead atoms. The predicted molar refractivity (Wildman–Crippen MR) is 105 cm³/mol. The summed E-state index contributed by atoms with van der Waals surface area (Å²) in [5.41, 5.74) is 1.14. The molecular formula is C20H20FN7O2. The summed E-state index contributed by atoms with van der Waals surface area (Å²) >= 11 is 0. The van der Waals surface area contributed by atoms with Crippen molar-refractivity contribution in [2.24, 2.45) is 0 Å². The Balaban J connectivity index is 1.54. The van der Waals surface area contributed by atoms with Crippen LogP contribution in [0.5, 0.6) is 5.88 Å². The fourth-order valence-electron chi connectivity index (χ4n) is 4.21. The fraction of sp³-hybridized carbons (Fsp3) is 0.400. The summed E-state index contributed by atoms with van der Waals surface area (Å²) in [7, 11) is 0. The molecule has 0 aromatic carbocycles. The first kappa shape index (κ1) is 17.6. The number of ether oxygens (including phenoxy) is 1. The van der Waals surface area contributed by atoms with Crippen molar-refractivity contribution in [2.45, 2.75) is 24.4 Å². The summed E-state index contributed by atoms with van der Waals surface area (Å²) in [6.07, 6.45) is 6.12. The Kier molecular flexibility index (Phi) is 3.73. The fourth-order valence-corrected chi connectivity index (χ4v) is 4.21. The number of aromatic nitrogens is 4. The van der Waals surface area contributed by atoms with Gasteiger partial charge in [-0.2, -0.15) is 5.10 Å². The molecular weight excluding hydrogens is 389 g/mol. The molecule has 2 N–H and O–H groups in total. The molecule has 2 fully saturated rings. The minimum atomic E-state index is -0.450. The number of amides is 1. The zero-order valence-corrected chi connectivity index (χ0v) is 16.1. The zero-order valence-electron chi connectivity index (χ0n) is 16.1. The number of carbonyl (C=O) groups excluding carboxylic acids is 1. The number of rotatable bonds is 0. The minimum absolute atomic E-state index is 0.210. The van der Waals surface area contributed by atoms with E-state index in [1.807, 2.05) is 6.07 Å². The Morgan fingerprint density at radius 2 is 2.20 bits per heavy atom. The average molecular weight is 409 g/mol. The lowest BCUT2D eigenvalue weighted by Gasteiger charge is -2.37. The number of pyridine rings is 1. The van der Waals surface area contributed by atoms with Gasteiger partial charge >= 0.3 is 0 Å². The molecule has 1 saturated carbocycles. The molecule has 6 rings (SSSR count). The number of carbonyl (C=O) groups is 1. The monoisotopic (exact) mass is 409 g/mol. The van der Waals surface area contributed by atoms with Crippen molar-refractivity contribution in [3.05, 3.63) is 47.7 Å². The molecule has 9 nitrogen and oxygen atoms in total. The maximum absolute atomic E-state index is 14.2. The second-order valence-electron chi connectivity index (χ2n) is 8.10. The highest BCUT2D eigenvalue weighted by Gasteiger charge is 2.46. The SMILES string of the molecule is O=C1NC2(CC2)COc2ncc(F)cc2[C@H]2CNCCN2c2ccn3ncc1c3n2. The van der Waals surface area contributed by atoms with Crippen LogP contribution in [0, 0.1) is 5.82 Å². The number of halogens is 1. The lowest BCUT2D eigenvalue weighted by Crippen LogP contribution is -2.46. The molecule has 10 heteroatoms. The van der Waals surface area contributed by atoms with Crippen LogP contribution in [-0.2, 0) is 0 Å². The molecule has 3 aromatic rings. The van der Waals surface area contributed by atoms with Crippen LogP contribution in [0.4, 0.5) is 10.2 Å². The van der Waals surface area contributed by atoms with Crippen molar-refractivity contribution in [2.75, 3.05) is 31.1 Å².